The lowest BCUT2D eigenvalue weighted by Gasteiger charge is -2.19. The number of alkyl halides is 3. The summed E-state index contributed by atoms with van der Waals surface area (Å²) in [5.74, 6) is 0.0131. The number of aromatic nitrogens is 1. The summed E-state index contributed by atoms with van der Waals surface area (Å²) in [5.41, 5.74) is 2.23. The first-order chi connectivity index (χ1) is 12.2. The molecule has 3 rings (SSSR count). The molecule has 138 valence electrons. The van der Waals surface area contributed by atoms with E-state index in [9.17, 15) is 18.0 Å². The van der Waals surface area contributed by atoms with Crippen LogP contribution in [0.2, 0.25) is 0 Å². The highest BCUT2D eigenvalue weighted by Crippen LogP contribution is 2.55. The van der Waals surface area contributed by atoms with E-state index in [2.05, 4.69) is 4.98 Å². The van der Waals surface area contributed by atoms with Gasteiger partial charge in [-0.2, -0.15) is 13.2 Å². The second-order valence-corrected chi connectivity index (χ2v) is 6.48. The number of ether oxygens (including phenoxy) is 1. The molecule has 0 spiro atoms. The quantitative estimate of drug-likeness (QED) is 0.612. The Morgan fingerprint density at radius 1 is 1.31 bits per heavy atom. The second-order valence-electron chi connectivity index (χ2n) is 6.48. The van der Waals surface area contributed by atoms with Crippen molar-refractivity contribution in [3.05, 3.63) is 53.2 Å². The third-order valence-corrected chi connectivity index (χ3v) is 4.49. The van der Waals surface area contributed by atoms with E-state index in [4.69, 9.17) is 9.94 Å². The van der Waals surface area contributed by atoms with Crippen LogP contribution in [0.1, 0.15) is 40.7 Å². The van der Waals surface area contributed by atoms with Gasteiger partial charge in [-0.3, -0.25) is 10.0 Å². The summed E-state index contributed by atoms with van der Waals surface area (Å²) in [4.78, 5) is 15.2. The van der Waals surface area contributed by atoms with Crippen molar-refractivity contribution in [3.8, 4) is 11.6 Å². The van der Waals surface area contributed by atoms with Gasteiger partial charge in [-0.15, -0.1) is 0 Å². The number of aryl methyl sites for hydroxylation is 1. The van der Waals surface area contributed by atoms with Gasteiger partial charge in [0.15, 0.2) is 0 Å². The Balaban J connectivity index is 1.75. The number of hydrogen-bond acceptors (Lipinski definition) is 4. The SMILES string of the molecule is Cc1cc(C2(CC(F)(F)F)CC2)ccc1Oc1ccc(C(=O)NO)cn1. The fourth-order valence-corrected chi connectivity index (χ4v) is 2.95. The molecule has 1 aromatic carbocycles. The van der Waals surface area contributed by atoms with Crippen LogP contribution in [0.15, 0.2) is 36.5 Å². The summed E-state index contributed by atoms with van der Waals surface area (Å²) >= 11 is 0. The lowest BCUT2D eigenvalue weighted by atomic mass is 9.91. The summed E-state index contributed by atoms with van der Waals surface area (Å²) in [6.45, 7) is 1.76. The van der Waals surface area contributed by atoms with Crippen molar-refractivity contribution in [2.45, 2.75) is 37.8 Å². The molecule has 1 saturated carbocycles. The van der Waals surface area contributed by atoms with Crippen LogP contribution < -0.4 is 10.2 Å². The van der Waals surface area contributed by atoms with Crippen LogP contribution in [0.25, 0.3) is 0 Å². The number of nitrogens with zero attached hydrogens (tertiary/aromatic N) is 1. The predicted octanol–water partition coefficient (Wildman–Crippen LogP) is 4.29. The maximum absolute atomic E-state index is 12.8. The van der Waals surface area contributed by atoms with Crippen LogP contribution in [-0.2, 0) is 5.41 Å². The number of rotatable bonds is 5. The maximum atomic E-state index is 12.8. The Kier molecular flexibility index (Phi) is 4.62. The van der Waals surface area contributed by atoms with Crippen LogP contribution in [0.5, 0.6) is 11.6 Å². The first kappa shape index (κ1) is 18.2. The standard InChI is InChI=1S/C18H17F3N2O3/c1-11-8-13(17(6-7-17)10-18(19,20)21)3-4-14(11)26-15-5-2-12(9-22-15)16(24)23-25/h2-5,8-9,25H,6-7,10H2,1H3,(H,23,24). The van der Waals surface area contributed by atoms with Gasteiger partial charge >= 0.3 is 6.18 Å². The summed E-state index contributed by atoms with van der Waals surface area (Å²) < 4.78 is 44.0. The number of amides is 1. The Hall–Kier alpha value is -2.61. The molecule has 26 heavy (non-hydrogen) atoms. The minimum absolute atomic E-state index is 0.162. The smallest absolute Gasteiger partial charge is 0.389 e. The van der Waals surface area contributed by atoms with Crippen LogP contribution in [-0.4, -0.2) is 22.3 Å². The first-order valence-corrected chi connectivity index (χ1v) is 7.99. The molecule has 1 heterocycles. The van der Waals surface area contributed by atoms with Crippen molar-refractivity contribution in [3.63, 3.8) is 0 Å². The summed E-state index contributed by atoms with van der Waals surface area (Å²) in [5, 5.41) is 8.57. The van der Waals surface area contributed by atoms with Gasteiger partial charge < -0.3 is 4.74 Å². The van der Waals surface area contributed by atoms with Gasteiger partial charge in [-0.1, -0.05) is 12.1 Å². The molecule has 2 aromatic rings. The van der Waals surface area contributed by atoms with Gasteiger partial charge in [0.1, 0.15) is 5.75 Å². The number of benzene rings is 1. The molecule has 1 aliphatic carbocycles. The molecule has 0 bridgehead atoms. The second kappa shape index (κ2) is 6.60. The van der Waals surface area contributed by atoms with Gasteiger partial charge in [0.05, 0.1) is 12.0 Å². The third-order valence-electron chi connectivity index (χ3n) is 4.49. The van der Waals surface area contributed by atoms with Crippen LogP contribution in [0.3, 0.4) is 0 Å². The molecule has 5 nitrogen and oxygen atoms in total. The van der Waals surface area contributed by atoms with E-state index in [1.807, 2.05) is 0 Å². The van der Waals surface area contributed by atoms with Crippen molar-refractivity contribution in [1.29, 1.82) is 0 Å². The highest BCUT2D eigenvalue weighted by molar-refractivity contribution is 5.92. The number of hydroxylamine groups is 1. The molecule has 1 amide bonds. The zero-order chi connectivity index (χ0) is 18.9. The van der Waals surface area contributed by atoms with Crippen LogP contribution in [0, 0.1) is 6.92 Å². The van der Waals surface area contributed by atoms with E-state index in [-0.39, 0.29) is 11.4 Å². The normalized spacial score (nSPS) is 15.4. The lowest BCUT2D eigenvalue weighted by molar-refractivity contribution is -0.141. The minimum Gasteiger partial charge on any atom is -0.439 e. The summed E-state index contributed by atoms with van der Waals surface area (Å²) in [6, 6.07) is 7.91. The molecular weight excluding hydrogens is 349 g/mol. The number of carbonyl (C=O) groups is 1. The van der Waals surface area contributed by atoms with Gasteiger partial charge in [0, 0.05) is 17.7 Å². The van der Waals surface area contributed by atoms with Crippen molar-refractivity contribution in [2.75, 3.05) is 0 Å². The third kappa shape index (κ3) is 3.96. The fraction of sp³-hybridized carbons (Fsp3) is 0.333. The molecule has 0 saturated heterocycles. The Bertz CT molecular complexity index is 815. The van der Waals surface area contributed by atoms with E-state index < -0.39 is 23.9 Å². The molecule has 1 fully saturated rings. The van der Waals surface area contributed by atoms with Crippen molar-refractivity contribution >= 4 is 5.91 Å². The molecule has 8 heteroatoms. The average Bonchev–Trinajstić information content (AvgIpc) is 3.35. The van der Waals surface area contributed by atoms with Crippen molar-refractivity contribution in [1.82, 2.24) is 10.5 Å². The molecule has 1 aromatic heterocycles. The monoisotopic (exact) mass is 366 g/mol. The highest BCUT2D eigenvalue weighted by Gasteiger charge is 2.51. The molecule has 0 unspecified atom stereocenters. The molecule has 0 radical (unpaired) electrons. The first-order valence-electron chi connectivity index (χ1n) is 7.99. The average molecular weight is 366 g/mol. The molecule has 2 N–H and O–H groups in total. The van der Waals surface area contributed by atoms with E-state index in [1.165, 1.54) is 23.8 Å². The van der Waals surface area contributed by atoms with Gasteiger partial charge in [-0.05, 0) is 43.0 Å². The van der Waals surface area contributed by atoms with E-state index >= 15 is 0 Å². The van der Waals surface area contributed by atoms with E-state index in [0.717, 1.165) is 0 Å². The van der Waals surface area contributed by atoms with Gasteiger partial charge in [0.2, 0.25) is 5.88 Å². The Morgan fingerprint density at radius 3 is 2.54 bits per heavy atom. The van der Waals surface area contributed by atoms with E-state index in [0.29, 0.717) is 29.7 Å². The number of hydrogen-bond donors (Lipinski definition) is 2. The molecule has 1 aliphatic rings. The highest BCUT2D eigenvalue weighted by atomic mass is 19.4. The number of pyridine rings is 1. The topological polar surface area (TPSA) is 71.5 Å². The number of carbonyl (C=O) groups excluding carboxylic acids is 1. The van der Waals surface area contributed by atoms with E-state index in [1.54, 1.807) is 25.1 Å². The molecule has 0 atom stereocenters. The number of halogens is 3. The van der Waals surface area contributed by atoms with Crippen LogP contribution in [0.4, 0.5) is 13.2 Å². The zero-order valence-electron chi connectivity index (χ0n) is 13.9. The number of nitrogens with one attached hydrogen (secondary N) is 1. The zero-order valence-corrected chi connectivity index (χ0v) is 13.9. The lowest BCUT2D eigenvalue weighted by Crippen LogP contribution is -2.19. The maximum Gasteiger partial charge on any atom is 0.389 e. The Morgan fingerprint density at radius 2 is 2.04 bits per heavy atom. The largest absolute Gasteiger partial charge is 0.439 e. The Labute approximate surface area is 147 Å². The summed E-state index contributed by atoms with van der Waals surface area (Å²) in [7, 11) is 0. The van der Waals surface area contributed by atoms with Crippen molar-refractivity contribution < 1.29 is 27.9 Å². The minimum atomic E-state index is -4.19. The van der Waals surface area contributed by atoms with Gasteiger partial charge in [-0.25, -0.2) is 10.5 Å². The molecular formula is C18H17F3N2O3. The summed E-state index contributed by atoms with van der Waals surface area (Å²) in [6.07, 6.45) is -2.70. The molecule has 0 aliphatic heterocycles. The predicted molar refractivity (Wildman–Crippen MR) is 86.3 cm³/mol. The van der Waals surface area contributed by atoms with Crippen molar-refractivity contribution in [2.24, 2.45) is 0 Å². The van der Waals surface area contributed by atoms with Crippen LogP contribution >= 0.6 is 0 Å². The fourth-order valence-electron chi connectivity index (χ4n) is 2.95. The van der Waals surface area contributed by atoms with Gasteiger partial charge in [0.25, 0.3) is 5.91 Å².